The lowest BCUT2D eigenvalue weighted by Crippen LogP contribution is -2.40. The van der Waals surface area contributed by atoms with Gasteiger partial charge in [-0.2, -0.15) is 0 Å². The van der Waals surface area contributed by atoms with Crippen LogP contribution in [0.2, 0.25) is 0 Å². The molecule has 1 N–H and O–H groups in total. The van der Waals surface area contributed by atoms with Crippen molar-refractivity contribution in [2.75, 3.05) is 13.7 Å². The molecule has 1 atom stereocenters. The van der Waals surface area contributed by atoms with Crippen molar-refractivity contribution in [2.45, 2.75) is 39.0 Å². The average molecular weight is 335 g/mol. The predicted octanol–water partition coefficient (Wildman–Crippen LogP) is 2.83. The van der Waals surface area contributed by atoms with Crippen molar-refractivity contribution < 1.29 is 23.8 Å². The minimum absolute atomic E-state index is 0.196. The van der Waals surface area contributed by atoms with Gasteiger partial charge >= 0.3 is 12.1 Å². The fourth-order valence-corrected chi connectivity index (χ4v) is 1.75. The van der Waals surface area contributed by atoms with E-state index in [1.165, 1.54) is 19.3 Å². The number of esters is 1. The van der Waals surface area contributed by atoms with Gasteiger partial charge in [-0.05, 0) is 26.3 Å². The lowest BCUT2D eigenvalue weighted by Gasteiger charge is -2.22. The van der Waals surface area contributed by atoms with E-state index in [9.17, 15) is 9.59 Å². The maximum Gasteiger partial charge on any atom is 0.408 e. The quantitative estimate of drug-likeness (QED) is 0.613. The normalized spacial score (nSPS) is 12.7. The number of nitrogens with one attached hydrogen (secondary N) is 1. The number of carbonyl (C=O) groups is 2. The van der Waals surface area contributed by atoms with Crippen LogP contribution in [0.3, 0.4) is 0 Å². The monoisotopic (exact) mass is 335 g/mol. The van der Waals surface area contributed by atoms with E-state index in [1.807, 2.05) is 30.3 Å². The third kappa shape index (κ3) is 8.95. The lowest BCUT2D eigenvalue weighted by atomic mass is 10.2. The Kier molecular flexibility index (Phi) is 7.98. The van der Waals surface area contributed by atoms with Crippen LogP contribution in [-0.2, 0) is 25.6 Å². The number of hydrogen-bond acceptors (Lipinski definition) is 5. The molecule has 6 nitrogen and oxygen atoms in total. The Hall–Kier alpha value is -2.34. The van der Waals surface area contributed by atoms with Crippen LogP contribution in [0.4, 0.5) is 4.79 Å². The molecule has 1 aromatic rings. The average Bonchev–Trinajstić information content (AvgIpc) is 2.51. The van der Waals surface area contributed by atoms with Crippen LogP contribution in [0.5, 0.6) is 0 Å². The second kappa shape index (κ2) is 9.72. The van der Waals surface area contributed by atoms with E-state index in [-0.39, 0.29) is 6.61 Å². The summed E-state index contributed by atoms with van der Waals surface area (Å²) in [6.45, 7) is 5.92. The summed E-state index contributed by atoms with van der Waals surface area (Å²) in [6.07, 6.45) is 2.18. The highest BCUT2D eigenvalue weighted by molar-refractivity contribution is 5.82. The second-order valence-electron chi connectivity index (χ2n) is 6.14. The van der Waals surface area contributed by atoms with Crippen molar-refractivity contribution in [3.8, 4) is 0 Å². The van der Waals surface area contributed by atoms with E-state index in [1.54, 1.807) is 20.8 Å². The summed E-state index contributed by atoms with van der Waals surface area (Å²) in [4.78, 5) is 23.1. The van der Waals surface area contributed by atoms with Crippen LogP contribution < -0.4 is 5.32 Å². The molecule has 1 rings (SSSR count). The Labute approximate surface area is 142 Å². The minimum atomic E-state index is -0.606. The van der Waals surface area contributed by atoms with E-state index < -0.39 is 23.7 Å². The first-order chi connectivity index (χ1) is 11.3. The molecule has 1 unspecified atom stereocenters. The Morgan fingerprint density at radius 3 is 2.46 bits per heavy atom. The Bertz CT molecular complexity index is 548. The minimum Gasteiger partial charge on any atom is -0.466 e. The van der Waals surface area contributed by atoms with Crippen molar-refractivity contribution in [1.82, 2.24) is 5.32 Å². The van der Waals surface area contributed by atoms with Gasteiger partial charge in [0.05, 0.1) is 26.4 Å². The molecule has 0 aliphatic rings. The molecule has 6 heteroatoms. The molecule has 1 aromatic carbocycles. The molecule has 0 aliphatic carbocycles. The first-order valence-corrected chi connectivity index (χ1v) is 7.67. The second-order valence-corrected chi connectivity index (χ2v) is 6.14. The fraction of sp³-hybridized carbons (Fsp3) is 0.444. The van der Waals surface area contributed by atoms with E-state index in [0.29, 0.717) is 6.61 Å². The van der Waals surface area contributed by atoms with Crippen LogP contribution >= 0.6 is 0 Å². The molecule has 24 heavy (non-hydrogen) atoms. The van der Waals surface area contributed by atoms with Gasteiger partial charge in [-0.25, -0.2) is 9.59 Å². The Balaban J connectivity index is 2.58. The van der Waals surface area contributed by atoms with Crippen LogP contribution in [0, 0.1) is 0 Å². The molecule has 0 heterocycles. The molecule has 0 fully saturated rings. The van der Waals surface area contributed by atoms with Gasteiger partial charge in [0.1, 0.15) is 5.60 Å². The number of rotatable bonds is 7. The van der Waals surface area contributed by atoms with E-state index in [0.717, 1.165) is 5.56 Å². The summed E-state index contributed by atoms with van der Waals surface area (Å²) in [5, 5.41) is 2.66. The van der Waals surface area contributed by atoms with Gasteiger partial charge in [0.25, 0.3) is 0 Å². The SMILES string of the molecule is COC(=O)C=CC(COCc1ccccc1)NC(=O)OC(C)(C)C. The van der Waals surface area contributed by atoms with E-state index >= 15 is 0 Å². The molecule has 0 aromatic heterocycles. The number of amides is 1. The molecule has 0 saturated heterocycles. The van der Waals surface area contributed by atoms with Gasteiger partial charge in [0.15, 0.2) is 0 Å². The lowest BCUT2D eigenvalue weighted by molar-refractivity contribution is -0.134. The standard InChI is InChI=1S/C18H25NO5/c1-18(2,3)24-17(21)19-15(10-11-16(20)22-4)13-23-12-14-8-6-5-7-9-14/h5-11,15H,12-13H2,1-4H3,(H,19,21). The summed E-state index contributed by atoms with van der Waals surface area (Å²) in [7, 11) is 1.29. The summed E-state index contributed by atoms with van der Waals surface area (Å²) >= 11 is 0. The maximum atomic E-state index is 11.9. The molecule has 0 saturated carbocycles. The predicted molar refractivity (Wildman–Crippen MR) is 90.4 cm³/mol. The van der Waals surface area contributed by atoms with Crippen LogP contribution in [-0.4, -0.2) is 37.4 Å². The van der Waals surface area contributed by atoms with Crippen LogP contribution in [0.1, 0.15) is 26.3 Å². The van der Waals surface area contributed by atoms with Crippen molar-refractivity contribution in [3.63, 3.8) is 0 Å². The van der Waals surface area contributed by atoms with Crippen molar-refractivity contribution in [3.05, 3.63) is 48.0 Å². The smallest absolute Gasteiger partial charge is 0.408 e. The largest absolute Gasteiger partial charge is 0.466 e. The first-order valence-electron chi connectivity index (χ1n) is 7.67. The van der Waals surface area contributed by atoms with Crippen molar-refractivity contribution >= 4 is 12.1 Å². The van der Waals surface area contributed by atoms with Crippen LogP contribution in [0.15, 0.2) is 42.5 Å². The van der Waals surface area contributed by atoms with Crippen molar-refractivity contribution in [2.24, 2.45) is 0 Å². The first kappa shape index (κ1) is 19.7. The number of ether oxygens (including phenoxy) is 3. The van der Waals surface area contributed by atoms with Gasteiger partial charge in [0, 0.05) is 6.08 Å². The molecule has 0 bridgehead atoms. The number of benzene rings is 1. The molecule has 0 spiro atoms. The highest BCUT2D eigenvalue weighted by Gasteiger charge is 2.18. The molecule has 0 radical (unpaired) electrons. The van der Waals surface area contributed by atoms with Gasteiger partial charge in [-0.3, -0.25) is 0 Å². The van der Waals surface area contributed by atoms with Gasteiger partial charge < -0.3 is 19.5 Å². The van der Waals surface area contributed by atoms with E-state index in [4.69, 9.17) is 9.47 Å². The molecule has 1 amide bonds. The highest BCUT2D eigenvalue weighted by Crippen LogP contribution is 2.07. The topological polar surface area (TPSA) is 73.9 Å². The molecular weight excluding hydrogens is 310 g/mol. The summed E-state index contributed by atoms with van der Waals surface area (Å²) in [5.74, 6) is -0.506. The van der Waals surface area contributed by atoms with Gasteiger partial charge in [-0.1, -0.05) is 36.4 Å². The number of hydrogen-bond donors (Lipinski definition) is 1. The Morgan fingerprint density at radius 1 is 1.21 bits per heavy atom. The zero-order valence-corrected chi connectivity index (χ0v) is 14.6. The zero-order valence-electron chi connectivity index (χ0n) is 14.6. The third-order valence-electron chi connectivity index (χ3n) is 2.78. The maximum absolute atomic E-state index is 11.9. The van der Waals surface area contributed by atoms with Crippen LogP contribution in [0.25, 0.3) is 0 Å². The summed E-state index contributed by atoms with van der Waals surface area (Å²) in [5.41, 5.74) is 0.413. The number of methoxy groups -OCH3 is 1. The van der Waals surface area contributed by atoms with Gasteiger partial charge in [0.2, 0.25) is 0 Å². The van der Waals surface area contributed by atoms with Gasteiger partial charge in [-0.15, -0.1) is 0 Å². The van der Waals surface area contributed by atoms with Crippen molar-refractivity contribution in [1.29, 1.82) is 0 Å². The molecule has 0 aliphatic heterocycles. The summed E-state index contributed by atoms with van der Waals surface area (Å²) < 4.78 is 15.4. The highest BCUT2D eigenvalue weighted by atomic mass is 16.6. The molecule has 132 valence electrons. The number of alkyl carbamates (subject to hydrolysis) is 1. The third-order valence-corrected chi connectivity index (χ3v) is 2.78. The Morgan fingerprint density at radius 2 is 1.88 bits per heavy atom. The molecular formula is C18H25NO5. The number of carbonyl (C=O) groups excluding carboxylic acids is 2. The zero-order chi connectivity index (χ0) is 18.0. The van der Waals surface area contributed by atoms with E-state index in [2.05, 4.69) is 10.1 Å². The fourth-order valence-electron chi connectivity index (χ4n) is 1.75. The summed E-state index contributed by atoms with van der Waals surface area (Å²) in [6, 6.07) is 9.15.